The van der Waals surface area contributed by atoms with Crippen LogP contribution in [0.1, 0.15) is 21.7 Å². The minimum atomic E-state index is -4.54. The molecule has 0 aliphatic carbocycles. The molecule has 1 N–H and O–H groups in total. The quantitative estimate of drug-likeness (QED) is 0.906. The van der Waals surface area contributed by atoms with Gasteiger partial charge < -0.3 is 5.32 Å². The Bertz CT molecular complexity index is 669. The molecular weight excluding hydrogens is 305 g/mol. The third-order valence-corrected chi connectivity index (χ3v) is 2.89. The van der Waals surface area contributed by atoms with Gasteiger partial charge in [-0.2, -0.15) is 13.2 Å². The minimum absolute atomic E-state index is 0.000248. The molecular formula is C14H9ClF3N2O. The maximum Gasteiger partial charge on any atom is 0.433 e. The molecule has 0 saturated heterocycles. The zero-order valence-electron chi connectivity index (χ0n) is 10.8. The van der Waals surface area contributed by atoms with Gasteiger partial charge in [0.1, 0.15) is 5.69 Å². The Balaban J connectivity index is 2.22. The van der Waals surface area contributed by atoms with Crippen LogP contribution < -0.4 is 5.32 Å². The third-order valence-electron chi connectivity index (χ3n) is 2.65. The van der Waals surface area contributed by atoms with Crippen molar-refractivity contribution in [3.63, 3.8) is 0 Å². The van der Waals surface area contributed by atoms with Gasteiger partial charge in [0.25, 0.3) is 5.91 Å². The van der Waals surface area contributed by atoms with Gasteiger partial charge in [0.05, 0.1) is 11.3 Å². The number of aromatic nitrogens is 1. The first-order valence-electron chi connectivity index (χ1n) is 5.81. The first-order chi connectivity index (χ1) is 9.77. The molecule has 3 nitrogen and oxygen atoms in total. The molecule has 0 aliphatic heterocycles. The van der Waals surface area contributed by atoms with Crippen LogP contribution >= 0.6 is 11.6 Å². The molecule has 0 spiro atoms. The first-order valence-corrected chi connectivity index (χ1v) is 6.18. The van der Waals surface area contributed by atoms with E-state index in [4.69, 9.17) is 11.6 Å². The van der Waals surface area contributed by atoms with Crippen molar-refractivity contribution in [3.8, 4) is 0 Å². The van der Waals surface area contributed by atoms with Crippen molar-refractivity contribution in [2.45, 2.75) is 13.1 Å². The second-order valence-corrected chi connectivity index (χ2v) is 4.61. The number of halogens is 4. The number of nitrogens with zero attached hydrogens (tertiary/aromatic N) is 1. The van der Waals surface area contributed by atoms with E-state index in [0.717, 1.165) is 12.1 Å². The van der Waals surface area contributed by atoms with Gasteiger partial charge in [0, 0.05) is 16.8 Å². The number of carbonyl (C=O) groups is 1. The van der Waals surface area contributed by atoms with E-state index >= 15 is 0 Å². The van der Waals surface area contributed by atoms with Crippen molar-refractivity contribution in [2.24, 2.45) is 0 Å². The fourth-order valence-electron chi connectivity index (χ4n) is 1.64. The van der Waals surface area contributed by atoms with Crippen molar-refractivity contribution >= 4 is 23.2 Å². The summed E-state index contributed by atoms with van der Waals surface area (Å²) < 4.78 is 37.5. The Morgan fingerprint density at radius 1 is 1.29 bits per heavy atom. The number of aryl methyl sites for hydroxylation is 1. The molecule has 1 aromatic heterocycles. The molecule has 21 heavy (non-hydrogen) atoms. The van der Waals surface area contributed by atoms with E-state index in [1.54, 1.807) is 6.07 Å². The maximum atomic E-state index is 12.5. The van der Waals surface area contributed by atoms with Crippen molar-refractivity contribution < 1.29 is 18.0 Å². The van der Waals surface area contributed by atoms with Crippen LogP contribution in [0.15, 0.2) is 30.3 Å². The Morgan fingerprint density at radius 3 is 2.52 bits per heavy atom. The number of alkyl halides is 3. The topological polar surface area (TPSA) is 42.0 Å². The van der Waals surface area contributed by atoms with E-state index in [-0.39, 0.29) is 11.3 Å². The minimum Gasteiger partial charge on any atom is -0.322 e. The molecule has 0 atom stereocenters. The molecule has 1 amide bonds. The van der Waals surface area contributed by atoms with Crippen molar-refractivity contribution in [1.29, 1.82) is 0 Å². The predicted octanol–water partition coefficient (Wildman–Crippen LogP) is 4.11. The number of hydrogen-bond donors (Lipinski definition) is 1. The van der Waals surface area contributed by atoms with Gasteiger partial charge in [-0.3, -0.25) is 4.79 Å². The number of hydrogen-bond acceptors (Lipinski definition) is 2. The smallest absolute Gasteiger partial charge is 0.322 e. The Labute approximate surface area is 123 Å². The first kappa shape index (κ1) is 15.3. The zero-order chi connectivity index (χ0) is 15.6. The number of benzene rings is 1. The normalized spacial score (nSPS) is 11.3. The summed E-state index contributed by atoms with van der Waals surface area (Å²) in [4.78, 5) is 15.4. The van der Waals surface area contributed by atoms with E-state index < -0.39 is 17.8 Å². The van der Waals surface area contributed by atoms with Crippen LogP contribution in [-0.2, 0) is 6.18 Å². The molecule has 1 aromatic carbocycles. The van der Waals surface area contributed by atoms with E-state index in [1.807, 2.05) is 0 Å². The van der Waals surface area contributed by atoms with Gasteiger partial charge in [0.15, 0.2) is 0 Å². The van der Waals surface area contributed by atoms with Crippen LogP contribution in [0.2, 0.25) is 5.02 Å². The highest BCUT2D eigenvalue weighted by Gasteiger charge is 2.33. The Hall–Kier alpha value is -2.08. The Morgan fingerprint density at radius 2 is 2.00 bits per heavy atom. The van der Waals surface area contributed by atoms with E-state index in [1.165, 1.54) is 19.1 Å². The summed E-state index contributed by atoms with van der Waals surface area (Å²) in [5.74, 6) is -0.551. The number of nitrogens with one attached hydrogen (secondary N) is 1. The van der Waals surface area contributed by atoms with E-state index in [0.29, 0.717) is 10.7 Å². The predicted molar refractivity (Wildman–Crippen MR) is 72.2 cm³/mol. The molecule has 0 bridgehead atoms. The average Bonchev–Trinajstić information content (AvgIpc) is 2.40. The fourth-order valence-corrected chi connectivity index (χ4v) is 1.76. The van der Waals surface area contributed by atoms with Crippen LogP contribution in [-0.4, -0.2) is 10.9 Å². The molecule has 1 heterocycles. The lowest BCUT2D eigenvalue weighted by Crippen LogP contribution is -2.16. The van der Waals surface area contributed by atoms with Gasteiger partial charge >= 0.3 is 6.18 Å². The molecule has 0 unspecified atom stereocenters. The number of anilines is 1. The second-order valence-electron chi connectivity index (χ2n) is 4.21. The highest BCUT2D eigenvalue weighted by atomic mass is 35.5. The monoisotopic (exact) mass is 313 g/mol. The Kier molecular flexibility index (Phi) is 4.18. The summed E-state index contributed by atoms with van der Waals surface area (Å²) in [6.45, 7) is 1.35. The third kappa shape index (κ3) is 3.72. The van der Waals surface area contributed by atoms with Crippen LogP contribution in [0.4, 0.5) is 18.9 Å². The summed E-state index contributed by atoms with van der Waals surface area (Å²) in [5, 5.41) is 2.92. The summed E-state index contributed by atoms with van der Waals surface area (Å²) in [7, 11) is 0. The average molecular weight is 314 g/mol. The number of rotatable bonds is 2. The molecule has 2 rings (SSSR count). The van der Waals surface area contributed by atoms with Gasteiger partial charge in [-0.1, -0.05) is 11.6 Å². The van der Waals surface area contributed by atoms with E-state index in [9.17, 15) is 18.0 Å². The van der Waals surface area contributed by atoms with Crippen molar-refractivity contribution in [2.75, 3.05) is 5.32 Å². The zero-order valence-corrected chi connectivity index (χ0v) is 11.5. The molecule has 2 aromatic rings. The number of pyridine rings is 1. The lowest BCUT2D eigenvalue weighted by molar-refractivity contribution is -0.141. The second kappa shape index (κ2) is 5.73. The fraction of sp³-hybridized carbons (Fsp3) is 0.143. The standard InChI is InChI=1S/C14H9ClF3N2O/c1-8-11(6-7-12(19-8)14(16,17)18)13(21)20-10-4-2-9(15)3-5-10/h2,4-7H,1H3,(H,20,21). The lowest BCUT2D eigenvalue weighted by Gasteiger charge is -2.10. The van der Waals surface area contributed by atoms with Crippen LogP contribution in [0, 0.1) is 13.0 Å². The summed E-state index contributed by atoms with van der Waals surface area (Å²) in [5.41, 5.74) is -0.529. The number of carbonyl (C=O) groups excluding carboxylic acids is 1. The van der Waals surface area contributed by atoms with Crippen LogP contribution in [0.25, 0.3) is 0 Å². The molecule has 109 valence electrons. The van der Waals surface area contributed by atoms with Gasteiger partial charge in [-0.15, -0.1) is 0 Å². The molecule has 1 radical (unpaired) electrons. The number of amides is 1. The van der Waals surface area contributed by atoms with E-state index in [2.05, 4.69) is 16.4 Å². The maximum absolute atomic E-state index is 12.5. The van der Waals surface area contributed by atoms with Gasteiger partial charge in [-0.05, 0) is 37.3 Å². The molecule has 0 fully saturated rings. The molecule has 0 saturated carbocycles. The van der Waals surface area contributed by atoms with Crippen molar-refractivity contribution in [1.82, 2.24) is 4.98 Å². The summed E-state index contributed by atoms with van der Waals surface area (Å²) >= 11 is 5.67. The largest absolute Gasteiger partial charge is 0.433 e. The van der Waals surface area contributed by atoms with Crippen LogP contribution in [0.3, 0.4) is 0 Å². The van der Waals surface area contributed by atoms with Crippen molar-refractivity contribution in [3.05, 3.63) is 58.4 Å². The highest BCUT2D eigenvalue weighted by molar-refractivity contribution is 6.30. The van der Waals surface area contributed by atoms with Crippen LogP contribution in [0.5, 0.6) is 0 Å². The highest BCUT2D eigenvalue weighted by Crippen LogP contribution is 2.28. The molecule has 0 aliphatic rings. The lowest BCUT2D eigenvalue weighted by atomic mass is 10.1. The molecule has 7 heteroatoms. The summed E-state index contributed by atoms with van der Waals surface area (Å²) in [6.07, 6.45) is -4.54. The SMILES string of the molecule is Cc1nc(C(F)(F)F)ccc1C(=O)Nc1c[c]c(Cl)cc1. The van der Waals surface area contributed by atoms with Gasteiger partial charge in [-0.25, -0.2) is 4.98 Å². The summed E-state index contributed by atoms with van der Waals surface area (Å²) in [6, 6.07) is 9.12. The van der Waals surface area contributed by atoms with Gasteiger partial charge in [0.2, 0.25) is 0 Å².